The molecule has 13 heteroatoms. The number of rotatable bonds is 3. The number of hydrogen-bond acceptors (Lipinski definition) is 7. The van der Waals surface area contributed by atoms with Crippen molar-refractivity contribution in [2.24, 2.45) is 0 Å². The molecule has 0 saturated carbocycles. The van der Waals surface area contributed by atoms with E-state index in [1.807, 2.05) is 18.7 Å². The summed E-state index contributed by atoms with van der Waals surface area (Å²) in [7, 11) is 0. The normalized spacial score (nSPS) is 17.0. The Hall–Kier alpha value is -4.39. The Kier molecular flexibility index (Phi) is 6.95. The van der Waals surface area contributed by atoms with Gasteiger partial charge in [-0.3, -0.25) is 23.7 Å². The molecule has 0 aliphatic carbocycles. The number of pyridine rings is 3. The average Bonchev–Trinajstić information content (AvgIpc) is 3.14. The first kappa shape index (κ1) is 28.7. The minimum Gasteiger partial charge on any atom is -0.506 e. The molecule has 1 aromatic carbocycles. The number of halogens is 4. The molecular weight excluding hydrogens is 568 g/mol. The van der Waals surface area contributed by atoms with Gasteiger partial charge in [0.15, 0.2) is 5.82 Å². The van der Waals surface area contributed by atoms with Crippen molar-refractivity contribution >= 4 is 22.3 Å². The molecule has 0 spiro atoms. The Labute approximate surface area is 243 Å². The predicted molar refractivity (Wildman–Crippen MR) is 155 cm³/mol. The molecule has 0 amide bonds. The average molecular weight is 599 g/mol. The molecule has 4 aromatic rings. The van der Waals surface area contributed by atoms with Gasteiger partial charge in [0.2, 0.25) is 0 Å². The van der Waals surface area contributed by atoms with E-state index >= 15 is 4.39 Å². The monoisotopic (exact) mass is 598 g/mol. The summed E-state index contributed by atoms with van der Waals surface area (Å²) < 4.78 is 60.8. The molecule has 6 rings (SSSR count). The van der Waals surface area contributed by atoms with Gasteiger partial charge in [0.05, 0.1) is 17.1 Å². The van der Waals surface area contributed by atoms with E-state index in [9.17, 15) is 27.9 Å². The lowest BCUT2D eigenvalue weighted by molar-refractivity contribution is -0.142. The van der Waals surface area contributed by atoms with Crippen LogP contribution in [-0.2, 0) is 6.18 Å². The summed E-state index contributed by atoms with van der Waals surface area (Å²) in [5, 5.41) is 16.9. The van der Waals surface area contributed by atoms with Crippen molar-refractivity contribution in [1.29, 1.82) is 0 Å². The Morgan fingerprint density at radius 3 is 2.51 bits per heavy atom. The van der Waals surface area contributed by atoms with Gasteiger partial charge < -0.3 is 20.6 Å². The number of hydrogen-bond donors (Lipinski definition) is 3. The Morgan fingerprint density at radius 2 is 1.81 bits per heavy atom. The SMILES string of the molecule is Cc1ccnc(C(C)C)c1-n1c(=O)c2c(c3cc(C(F)(F)F)n(-c4c(O)cccc4F)c(=O)c31)N1CCNCC1CCN2. The molecule has 9 nitrogen and oxygen atoms in total. The van der Waals surface area contributed by atoms with Crippen molar-refractivity contribution < 1.29 is 22.7 Å². The van der Waals surface area contributed by atoms with Gasteiger partial charge in [0.25, 0.3) is 11.1 Å². The van der Waals surface area contributed by atoms with Gasteiger partial charge in [-0.25, -0.2) is 4.39 Å². The summed E-state index contributed by atoms with van der Waals surface area (Å²) in [6, 6.07) is 5.25. The van der Waals surface area contributed by atoms with E-state index in [2.05, 4.69) is 15.6 Å². The van der Waals surface area contributed by atoms with Gasteiger partial charge in [0, 0.05) is 43.8 Å². The quantitative estimate of drug-likeness (QED) is 0.300. The number of fused-ring (bicyclic) bond motifs is 5. The number of benzene rings is 1. The number of piperazine rings is 1. The van der Waals surface area contributed by atoms with Crippen LogP contribution in [-0.4, -0.2) is 51.4 Å². The molecule has 43 heavy (non-hydrogen) atoms. The molecule has 0 bridgehead atoms. The summed E-state index contributed by atoms with van der Waals surface area (Å²) in [6.07, 6.45) is -2.98. The minimum atomic E-state index is -5.13. The van der Waals surface area contributed by atoms with Gasteiger partial charge in [-0.1, -0.05) is 19.9 Å². The fraction of sp³-hybridized carbons (Fsp3) is 0.367. The van der Waals surface area contributed by atoms with Crippen LogP contribution in [0.25, 0.3) is 22.3 Å². The third-order valence-corrected chi connectivity index (χ3v) is 8.14. The van der Waals surface area contributed by atoms with Gasteiger partial charge in [-0.2, -0.15) is 13.2 Å². The Morgan fingerprint density at radius 1 is 1.05 bits per heavy atom. The number of aromatic nitrogens is 3. The zero-order valence-electron chi connectivity index (χ0n) is 23.7. The van der Waals surface area contributed by atoms with Crippen molar-refractivity contribution in [2.75, 3.05) is 36.4 Å². The molecule has 5 heterocycles. The predicted octanol–water partition coefficient (Wildman–Crippen LogP) is 4.43. The van der Waals surface area contributed by atoms with E-state index in [0.29, 0.717) is 43.9 Å². The first-order valence-corrected chi connectivity index (χ1v) is 14.0. The summed E-state index contributed by atoms with van der Waals surface area (Å²) in [5.74, 6) is -2.33. The molecular formula is C30H30F4N6O3. The number of aromatic hydroxyl groups is 1. The van der Waals surface area contributed by atoms with Crippen LogP contribution in [0.1, 0.15) is 43.1 Å². The van der Waals surface area contributed by atoms with Crippen molar-refractivity contribution in [3.05, 3.63) is 80.0 Å². The van der Waals surface area contributed by atoms with Gasteiger partial charge >= 0.3 is 6.18 Å². The number of aryl methyl sites for hydroxylation is 1. The zero-order valence-corrected chi connectivity index (χ0v) is 23.7. The first-order chi connectivity index (χ1) is 20.4. The van der Waals surface area contributed by atoms with E-state index in [4.69, 9.17) is 0 Å². The van der Waals surface area contributed by atoms with Crippen LogP contribution >= 0.6 is 0 Å². The molecule has 1 unspecified atom stereocenters. The highest BCUT2D eigenvalue weighted by Crippen LogP contribution is 2.41. The van der Waals surface area contributed by atoms with Crippen molar-refractivity contribution in [3.8, 4) is 17.1 Å². The van der Waals surface area contributed by atoms with Crippen LogP contribution in [0.4, 0.5) is 28.9 Å². The van der Waals surface area contributed by atoms with Crippen LogP contribution in [0, 0.1) is 12.7 Å². The Bertz CT molecular complexity index is 1860. The molecule has 2 aliphatic rings. The maximum atomic E-state index is 15.2. The lowest BCUT2D eigenvalue weighted by Gasteiger charge is -2.38. The molecule has 3 aromatic heterocycles. The van der Waals surface area contributed by atoms with Crippen LogP contribution in [0.5, 0.6) is 5.75 Å². The Balaban J connectivity index is 1.90. The smallest absolute Gasteiger partial charge is 0.431 e. The van der Waals surface area contributed by atoms with Crippen LogP contribution in [0.3, 0.4) is 0 Å². The maximum absolute atomic E-state index is 15.2. The van der Waals surface area contributed by atoms with Crippen LogP contribution in [0.2, 0.25) is 0 Å². The third kappa shape index (κ3) is 4.53. The summed E-state index contributed by atoms with van der Waals surface area (Å²) in [6.45, 7) is 7.25. The largest absolute Gasteiger partial charge is 0.506 e. The standard InChI is InChI=1S/C30H30F4N6O3/c1-15(2)22-24(16(3)7-9-36-22)40-26-18(25-23(28(40)42)37-10-8-17-14-35-11-12-38(17)25)13-21(30(32,33)34)39(29(26)43)27-19(31)5-4-6-20(27)41/h4-7,9,13,15,17,35,37,41H,8,10-12,14H2,1-3H3. The summed E-state index contributed by atoms with van der Waals surface area (Å²) in [4.78, 5) is 35.4. The highest BCUT2D eigenvalue weighted by atomic mass is 19.4. The van der Waals surface area contributed by atoms with Gasteiger partial charge in [0.1, 0.15) is 28.3 Å². The molecule has 1 atom stereocenters. The van der Waals surface area contributed by atoms with Crippen molar-refractivity contribution in [1.82, 2.24) is 19.4 Å². The number of anilines is 2. The molecule has 1 saturated heterocycles. The van der Waals surface area contributed by atoms with E-state index in [0.717, 1.165) is 28.8 Å². The van der Waals surface area contributed by atoms with E-state index in [-0.39, 0.29) is 44.5 Å². The van der Waals surface area contributed by atoms with Gasteiger partial charge in [-0.05, 0) is 49.1 Å². The number of phenolic OH excluding ortho intramolecular Hbond substituents is 1. The van der Waals surface area contributed by atoms with E-state index < -0.39 is 40.2 Å². The second-order valence-corrected chi connectivity index (χ2v) is 11.2. The van der Waals surface area contributed by atoms with Crippen LogP contribution < -0.4 is 26.7 Å². The third-order valence-electron chi connectivity index (χ3n) is 8.14. The summed E-state index contributed by atoms with van der Waals surface area (Å²) in [5.41, 5.74) is -3.21. The topological polar surface area (TPSA) is 104 Å². The summed E-state index contributed by atoms with van der Waals surface area (Å²) >= 11 is 0. The molecule has 1 fully saturated rings. The first-order valence-electron chi connectivity index (χ1n) is 14.0. The van der Waals surface area contributed by atoms with E-state index in [1.54, 1.807) is 19.2 Å². The second kappa shape index (κ2) is 10.4. The van der Waals surface area contributed by atoms with Crippen molar-refractivity contribution in [2.45, 2.75) is 45.3 Å². The highest BCUT2D eigenvalue weighted by molar-refractivity contribution is 6.00. The minimum absolute atomic E-state index is 0.0777. The number of para-hydroxylation sites is 1. The maximum Gasteiger partial charge on any atom is 0.431 e. The number of nitrogens with one attached hydrogen (secondary N) is 2. The van der Waals surface area contributed by atoms with E-state index in [1.165, 1.54) is 0 Å². The lowest BCUT2D eigenvalue weighted by atomic mass is 10.0. The van der Waals surface area contributed by atoms with Crippen molar-refractivity contribution in [3.63, 3.8) is 0 Å². The lowest BCUT2D eigenvalue weighted by Crippen LogP contribution is -2.51. The van der Waals surface area contributed by atoms with Crippen LogP contribution in [0.15, 0.2) is 46.1 Å². The fourth-order valence-electron chi connectivity index (χ4n) is 6.23. The molecule has 226 valence electrons. The molecule has 3 N–H and O–H groups in total. The molecule has 0 radical (unpaired) electrons. The zero-order chi connectivity index (χ0) is 30.8. The second-order valence-electron chi connectivity index (χ2n) is 11.2. The fourth-order valence-corrected chi connectivity index (χ4v) is 6.23. The van der Waals surface area contributed by atoms with Gasteiger partial charge in [-0.15, -0.1) is 0 Å². The highest BCUT2D eigenvalue weighted by Gasteiger charge is 2.40. The number of nitrogens with zero attached hydrogens (tertiary/aromatic N) is 4. The number of phenols is 1. The number of alkyl halides is 3. The molecule has 2 aliphatic heterocycles.